The Morgan fingerprint density at radius 3 is 3.00 bits per heavy atom. The number of benzene rings is 1. The van der Waals surface area contributed by atoms with E-state index < -0.39 is 0 Å². The Balaban J connectivity index is 1.77. The highest BCUT2D eigenvalue weighted by Crippen LogP contribution is 2.33. The zero-order valence-corrected chi connectivity index (χ0v) is 13.0. The van der Waals surface area contributed by atoms with Gasteiger partial charge in [-0.15, -0.1) is 11.3 Å². The van der Waals surface area contributed by atoms with Gasteiger partial charge in [-0.1, -0.05) is 30.3 Å². The van der Waals surface area contributed by atoms with E-state index in [9.17, 15) is 4.79 Å². The van der Waals surface area contributed by atoms with Crippen LogP contribution in [0, 0.1) is 0 Å². The molecule has 2 aromatic heterocycles. The van der Waals surface area contributed by atoms with Gasteiger partial charge in [0.25, 0.3) is 0 Å². The van der Waals surface area contributed by atoms with Crippen LogP contribution in [0.25, 0.3) is 10.8 Å². The van der Waals surface area contributed by atoms with E-state index in [-0.39, 0.29) is 5.91 Å². The number of rotatable bonds is 2. The Hall–Kier alpha value is -2.20. The highest BCUT2D eigenvalue weighted by molar-refractivity contribution is 7.10. The van der Waals surface area contributed by atoms with Gasteiger partial charge in [-0.25, -0.2) is 0 Å². The first-order valence-corrected chi connectivity index (χ1v) is 8.40. The fourth-order valence-electron chi connectivity index (χ4n) is 3.10. The summed E-state index contributed by atoms with van der Waals surface area (Å²) in [5.41, 5.74) is 2.07. The molecule has 0 bridgehead atoms. The van der Waals surface area contributed by atoms with E-state index in [1.165, 1.54) is 0 Å². The zero-order chi connectivity index (χ0) is 14.9. The minimum atomic E-state index is 0.168. The van der Waals surface area contributed by atoms with E-state index >= 15 is 0 Å². The normalized spacial score (nSPS) is 14.1. The van der Waals surface area contributed by atoms with E-state index in [4.69, 9.17) is 0 Å². The maximum Gasteiger partial charge on any atom is 0.232 e. The van der Waals surface area contributed by atoms with Crippen LogP contribution in [0.4, 0.5) is 5.69 Å². The fourth-order valence-corrected chi connectivity index (χ4v) is 3.79. The summed E-state index contributed by atoms with van der Waals surface area (Å²) in [4.78, 5) is 20.4. The highest BCUT2D eigenvalue weighted by atomic mass is 32.1. The smallest absolute Gasteiger partial charge is 0.232 e. The SMILES string of the molecule is O=C(Cc1cccs1)N1CCCc2ncc3ccccc3c21. The molecular formula is C18H16N2OS. The number of nitrogens with zero attached hydrogens (tertiary/aromatic N) is 2. The minimum Gasteiger partial charge on any atom is -0.310 e. The lowest BCUT2D eigenvalue weighted by molar-refractivity contribution is -0.118. The number of hydrogen-bond donors (Lipinski definition) is 0. The average Bonchev–Trinajstić information content (AvgIpc) is 3.07. The summed E-state index contributed by atoms with van der Waals surface area (Å²) in [6, 6.07) is 12.2. The average molecular weight is 308 g/mol. The van der Waals surface area contributed by atoms with Crippen LogP contribution in [0.3, 0.4) is 0 Å². The van der Waals surface area contributed by atoms with Gasteiger partial charge in [0.15, 0.2) is 0 Å². The molecule has 0 saturated carbocycles. The molecule has 4 rings (SSSR count). The molecule has 0 atom stereocenters. The van der Waals surface area contributed by atoms with Crippen LogP contribution in [0.5, 0.6) is 0 Å². The van der Waals surface area contributed by atoms with Crippen LogP contribution >= 0.6 is 11.3 Å². The molecule has 1 aromatic carbocycles. The Bertz CT molecular complexity index is 826. The lowest BCUT2D eigenvalue weighted by Crippen LogP contribution is -2.37. The van der Waals surface area contributed by atoms with Crippen molar-refractivity contribution in [3.05, 3.63) is 58.5 Å². The molecule has 3 nitrogen and oxygen atoms in total. The topological polar surface area (TPSA) is 33.2 Å². The number of carbonyl (C=O) groups is 1. The van der Waals surface area contributed by atoms with Gasteiger partial charge in [0.05, 0.1) is 17.8 Å². The number of aromatic nitrogens is 1. The predicted molar refractivity (Wildman–Crippen MR) is 90.4 cm³/mol. The second-order valence-corrected chi connectivity index (χ2v) is 6.58. The molecule has 0 aliphatic carbocycles. The molecule has 0 fully saturated rings. The van der Waals surface area contributed by atoms with Crippen molar-refractivity contribution in [3.8, 4) is 0 Å². The Labute approximate surface area is 133 Å². The number of anilines is 1. The third-order valence-electron chi connectivity index (χ3n) is 4.12. The van der Waals surface area contributed by atoms with Crippen molar-refractivity contribution >= 4 is 33.7 Å². The summed E-state index contributed by atoms with van der Waals surface area (Å²) < 4.78 is 0. The van der Waals surface area contributed by atoms with Gasteiger partial charge in [0.1, 0.15) is 0 Å². The quantitative estimate of drug-likeness (QED) is 0.721. The first-order valence-electron chi connectivity index (χ1n) is 7.52. The Morgan fingerprint density at radius 2 is 2.14 bits per heavy atom. The van der Waals surface area contributed by atoms with E-state index in [1.807, 2.05) is 40.7 Å². The van der Waals surface area contributed by atoms with Gasteiger partial charge in [-0.3, -0.25) is 9.78 Å². The summed E-state index contributed by atoms with van der Waals surface area (Å²) in [6.45, 7) is 0.785. The second kappa shape index (κ2) is 5.54. The molecule has 22 heavy (non-hydrogen) atoms. The van der Waals surface area contributed by atoms with E-state index in [1.54, 1.807) is 11.3 Å². The fraction of sp³-hybridized carbons (Fsp3) is 0.222. The molecule has 0 radical (unpaired) electrons. The number of aryl methyl sites for hydroxylation is 1. The lowest BCUT2D eigenvalue weighted by Gasteiger charge is -2.30. The molecule has 0 saturated heterocycles. The monoisotopic (exact) mass is 308 g/mol. The molecule has 110 valence electrons. The van der Waals surface area contributed by atoms with Crippen molar-refractivity contribution < 1.29 is 4.79 Å². The maximum atomic E-state index is 12.8. The van der Waals surface area contributed by atoms with Crippen molar-refractivity contribution in [3.63, 3.8) is 0 Å². The lowest BCUT2D eigenvalue weighted by atomic mass is 10.0. The molecule has 0 spiro atoms. The number of carbonyl (C=O) groups excluding carboxylic acids is 1. The highest BCUT2D eigenvalue weighted by Gasteiger charge is 2.25. The first kappa shape index (κ1) is 13.5. The van der Waals surface area contributed by atoms with E-state index in [0.29, 0.717) is 6.42 Å². The van der Waals surface area contributed by atoms with Crippen LogP contribution in [0.15, 0.2) is 48.0 Å². The molecule has 1 aliphatic rings. The minimum absolute atomic E-state index is 0.168. The Morgan fingerprint density at radius 1 is 1.23 bits per heavy atom. The van der Waals surface area contributed by atoms with Crippen LogP contribution in [0.2, 0.25) is 0 Å². The second-order valence-electron chi connectivity index (χ2n) is 5.55. The molecule has 3 aromatic rings. The van der Waals surface area contributed by atoms with E-state index in [2.05, 4.69) is 17.1 Å². The molecule has 4 heteroatoms. The molecule has 1 amide bonds. The van der Waals surface area contributed by atoms with Crippen LogP contribution in [-0.4, -0.2) is 17.4 Å². The molecular weight excluding hydrogens is 292 g/mol. The number of pyridine rings is 1. The maximum absolute atomic E-state index is 12.8. The van der Waals surface area contributed by atoms with Gasteiger partial charge in [-0.05, 0) is 24.3 Å². The van der Waals surface area contributed by atoms with Gasteiger partial charge in [-0.2, -0.15) is 0 Å². The summed E-state index contributed by atoms with van der Waals surface area (Å²) in [5.74, 6) is 0.168. The molecule has 3 heterocycles. The summed E-state index contributed by atoms with van der Waals surface area (Å²) in [6.07, 6.45) is 4.32. The summed E-state index contributed by atoms with van der Waals surface area (Å²) in [7, 11) is 0. The van der Waals surface area contributed by atoms with Gasteiger partial charge >= 0.3 is 0 Å². The summed E-state index contributed by atoms with van der Waals surface area (Å²) >= 11 is 1.64. The van der Waals surface area contributed by atoms with Gasteiger partial charge in [0.2, 0.25) is 5.91 Å². The first-order chi connectivity index (χ1) is 10.8. The molecule has 0 N–H and O–H groups in total. The number of hydrogen-bond acceptors (Lipinski definition) is 3. The van der Waals surface area contributed by atoms with Crippen molar-refractivity contribution in [2.75, 3.05) is 11.4 Å². The Kier molecular flexibility index (Phi) is 3.39. The number of amides is 1. The van der Waals surface area contributed by atoms with E-state index in [0.717, 1.165) is 46.4 Å². The number of fused-ring (bicyclic) bond motifs is 3. The molecule has 1 aliphatic heterocycles. The summed E-state index contributed by atoms with van der Waals surface area (Å²) in [5, 5.41) is 4.24. The predicted octanol–water partition coefficient (Wildman–Crippen LogP) is 3.82. The van der Waals surface area contributed by atoms with Crippen molar-refractivity contribution in [1.82, 2.24) is 4.98 Å². The molecule has 0 unspecified atom stereocenters. The van der Waals surface area contributed by atoms with Gasteiger partial charge in [0, 0.05) is 28.4 Å². The zero-order valence-electron chi connectivity index (χ0n) is 12.2. The van der Waals surface area contributed by atoms with Crippen molar-refractivity contribution in [2.45, 2.75) is 19.3 Å². The van der Waals surface area contributed by atoms with Crippen molar-refractivity contribution in [1.29, 1.82) is 0 Å². The van der Waals surface area contributed by atoms with Crippen molar-refractivity contribution in [2.24, 2.45) is 0 Å². The van der Waals surface area contributed by atoms with Crippen LogP contribution in [0.1, 0.15) is 17.0 Å². The van der Waals surface area contributed by atoms with Gasteiger partial charge < -0.3 is 4.90 Å². The number of thiophene rings is 1. The van der Waals surface area contributed by atoms with Crippen LogP contribution in [-0.2, 0) is 17.6 Å². The standard InChI is InChI=1S/C18H16N2OS/c21-17(11-14-6-4-10-22-14)20-9-3-8-16-18(20)15-7-2-1-5-13(15)12-19-16/h1-2,4-7,10,12H,3,8-9,11H2. The third kappa shape index (κ3) is 2.29. The van der Waals surface area contributed by atoms with Crippen LogP contribution < -0.4 is 4.90 Å². The largest absolute Gasteiger partial charge is 0.310 e. The third-order valence-corrected chi connectivity index (χ3v) is 5.00.